The van der Waals surface area contributed by atoms with Gasteiger partial charge in [-0.1, -0.05) is 17.7 Å². The van der Waals surface area contributed by atoms with E-state index in [9.17, 15) is 4.79 Å². The molecule has 1 fully saturated rings. The number of carbonyl (C=O) groups excluding carboxylic acids is 1. The molecule has 2 amide bonds. The van der Waals surface area contributed by atoms with E-state index in [2.05, 4.69) is 17.3 Å². The molecule has 6 nitrogen and oxygen atoms in total. The molecule has 0 saturated heterocycles. The second-order valence-corrected chi connectivity index (χ2v) is 7.21. The Bertz CT molecular complexity index is 750. The summed E-state index contributed by atoms with van der Waals surface area (Å²) in [6.07, 6.45) is 2.48. The zero-order valence-corrected chi connectivity index (χ0v) is 16.0. The fraction of sp³-hybridized carbons (Fsp3) is 0.500. The summed E-state index contributed by atoms with van der Waals surface area (Å²) in [7, 11) is 1.77. The van der Waals surface area contributed by atoms with Crippen LogP contribution in [0.25, 0.3) is 0 Å². The zero-order chi connectivity index (χ0) is 18.7. The molecule has 3 rings (SSSR count). The summed E-state index contributed by atoms with van der Waals surface area (Å²) in [6, 6.07) is 9.99. The molecule has 0 unspecified atom stereocenters. The van der Waals surface area contributed by atoms with Crippen molar-refractivity contribution in [1.82, 2.24) is 14.7 Å². The number of hydrogen-bond donors (Lipinski definition) is 1. The highest BCUT2D eigenvalue weighted by Crippen LogP contribution is 2.40. The molecule has 1 atom stereocenters. The molecular weight excluding hydrogens is 328 g/mol. The Hall–Kier alpha value is -2.50. The van der Waals surface area contributed by atoms with Gasteiger partial charge in [-0.2, -0.15) is 5.10 Å². The number of carbonyl (C=O) groups is 1. The van der Waals surface area contributed by atoms with Crippen LogP contribution in [0.1, 0.15) is 37.1 Å². The Morgan fingerprint density at radius 3 is 2.69 bits per heavy atom. The van der Waals surface area contributed by atoms with E-state index in [1.807, 2.05) is 48.9 Å². The van der Waals surface area contributed by atoms with Crippen molar-refractivity contribution in [3.63, 3.8) is 0 Å². The van der Waals surface area contributed by atoms with Crippen LogP contribution in [0.15, 0.2) is 30.3 Å². The summed E-state index contributed by atoms with van der Waals surface area (Å²) >= 11 is 0. The largest absolute Gasteiger partial charge is 0.492 e. The van der Waals surface area contributed by atoms with Crippen LogP contribution in [0.5, 0.6) is 5.75 Å². The molecule has 1 N–H and O–H groups in total. The van der Waals surface area contributed by atoms with Gasteiger partial charge in [-0.05, 0) is 51.7 Å². The molecule has 140 valence electrons. The quantitative estimate of drug-likeness (QED) is 0.815. The van der Waals surface area contributed by atoms with Crippen LogP contribution in [0.3, 0.4) is 0 Å². The SMILES string of the molecule is Cc1ccc(OCCN(C)C(=O)Nc2cc(C)nn2[C@H](C)C2CC2)cc1. The minimum atomic E-state index is -0.151. The van der Waals surface area contributed by atoms with Crippen LogP contribution in [0.2, 0.25) is 0 Å². The number of ether oxygens (including phenoxy) is 1. The van der Waals surface area contributed by atoms with E-state index in [1.165, 1.54) is 18.4 Å². The maximum atomic E-state index is 12.5. The minimum Gasteiger partial charge on any atom is -0.492 e. The highest BCUT2D eigenvalue weighted by molar-refractivity contribution is 5.88. The molecule has 1 aliphatic rings. The van der Waals surface area contributed by atoms with Gasteiger partial charge in [-0.15, -0.1) is 0 Å². The zero-order valence-electron chi connectivity index (χ0n) is 16.0. The van der Waals surface area contributed by atoms with Crippen LogP contribution < -0.4 is 10.1 Å². The molecule has 0 aliphatic heterocycles. The van der Waals surface area contributed by atoms with E-state index in [1.54, 1.807) is 11.9 Å². The minimum absolute atomic E-state index is 0.151. The summed E-state index contributed by atoms with van der Waals surface area (Å²) in [5.41, 5.74) is 2.11. The van der Waals surface area contributed by atoms with E-state index in [0.717, 1.165) is 17.3 Å². The van der Waals surface area contributed by atoms with Gasteiger partial charge in [-0.3, -0.25) is 5.32 Å². The van der Waals surface area contributed by atoms with Gasteiger partial charge in [0.05, 0.1) is 18.3 Å². The number of aromatic nitrogens is 2. The lowest BCUT2D eigenvalue weighted by atomic mass is 10.2. The molecule has 1 aromatic heterocycles. The normalized spacial score (nSPS) is 14.8. The fourth-order valence-electron chi connectivity index (χ4n) is 2.94. The fourth-order valence-corrected chi connectivity index (χ4v) is 2.94. The van der Waals surface area contributed by atoms with Crippen molar-refractivity contribution in [3.05, 3.63) is 41.6 Å². The summed E-state index contributed by atoms with van der Waals surface area (Å²) in [6.45, 7) is 7.11. The third kappa shape index (κ3) is 4.56. The molecule has 1 aliphatic carbocycles. The molecule has 1 heterocycles. The topological polar surface area (TPSA) is 59.4 Å². The van der Waals surface area contributed by atoms with Crippen molar-refractivity contribution >= 4 is 11.8 Å². The maximum absolute atomic E-state index is 12.5. The lowest BCUT2D eigenvalue weighted by Gasteiger charge is -2.20. The number of benzene rings is 1. The van der Waals surface area contributed by atoms with Gasteiger partial charge >= 0.3 is 6.03 Å². The number of likely N-dealkylation sites (N-methyl/N-ethyl adjacent to an activating group) is 1. The third-order valence-corrected chi connectivity index (χ3v) is 4.85. The smallest absolute Gasteiger partial charge is 0.322 e. The Morgan fingerprint density at radius 2 is 2.04 bits per heavy atom. The van der Waals surface area contributed by atoms with Crippen molar-refractivity contribution in [2.24, 2.45) is 5.92 Å². The van der Waals surface area contributed by atoms with Gasteiger partial charge in [-0.25, -0.2) is 9.48 Å². The van der Waals surface area contributed by atoms with E-state index >= 15 is 0 Å². The van der Waals surface area contributed by atoms with Gasteiger partial charge in [0.2, 0.25) is 0 Å². The Balaban J connectivity index is 1.51. The van der Waals surface area contributed by atoms with E-state index in [-0.39, 0.29) is 6.03 Å². The number of nitrogens with one attached hydrogen (secondary N) is 1. The molecule has 6 heteroatoms. The van der Waals surface area contributed by atoms with Crippen LogP contribution in [-0.4, -0.2) is 40.9 Å². The van der Waals surface area contributed by atoms with Crippen molar-refractivity contribution in [2.75, 3.05) is 25.5 Å². The lowest BCUT2D eigenvalue weighted by Crippen LogP contribution is -2.35. The monoisotopic (exact) mass is 356 g/mol. The summed E-state index contributed by atoms with van der Waals surface area (Å²) in [4.78, 5) is 14.1. The standard InChI is InChI=1S/C20H28N4O2/c1-14-5-9-18(10-6-14)26-12-11-23(4)20(25)21-19-13-15(2)22-24(19)16(3)17-7-8-17/h5-6,9-10,13,16-17H,7-8,11-12H2,1-4H3,(H,21,25)/t16-/m1/s1. The highest BCUT2D eigenvalue weighted by atomic mass is 16.5. The molecule has 0 radical (unpaired) electrons. The van der Waals surface area contributed by atoms with E-state index in [0.29, 0.717) is 25.1 Å². The lowest BCUT2D eigenvalue weighted by molar-refractivity contribution is 0.207. The molecule has 1 saturated carbocycles. The van der Waals surface area contributed by atoms with Gasteiger partial charge in [0.1, 0.15) is 18.2 Å². The first kappa shape index (κ1) is 18.3. The second-order valence-electron chi connectivity index (χ2n) is 7.21. The number of anilines is 1. The Labute approximate surface area is 155 Å². The van der Waals surface area contributed by atoms with Crippen LogP contribution in [0.4, 0.5) is 10.6 Å². The maximum Gasteiger partial charge on any atom is 0.322 e. The first-order chi connectivity index (χ1) is 12.4. The number of hydrogen-bond acceptors (Lipinski definition) is 3. The number of nitrogens with zero attached hydrogens (tertiary/aromatic N) is 3. The van der Waals surface area contributed by atoms with Crippen LogP contribution in [0, 0.1) is 19.8 Å². The summed E-state index contributed by atoms with van der Waals surface area (Å²) in [5, 5.41) is 7.53. The van der Waals surface area contributed by atoms with Gasteiger partial charge in [0.15, 0.2) is 0 Å². The van der Waals surface area contributed by atoms with Gasteiger partial charge in [0.25, 0.3) is 0 Å². The van der Waals surface area contributed by atoms with Crippen molar-refractivity contribution in [2.45, 2.75) is 39.7 Å². The first-order valence-corrected chi connectivity index (χ1v) is 9.22. The summed E-state index contributed by atoms with van der Waals surface area (Å²) < 4.78 is 7.64. The van der Waals surface area contributed by atoms with E-state index < -0.39 is 0 Å². The van der Waals surface area contributed by atoms with Crippen molar-refractivity contribution < 1.29 is 9.53 Å². The number of amides is 2. The number of rotatable bonds is 7. The van der Waals surface area contributed by atoms with Gasteiger partial charge in [0, 0.05) is 13.1 Å². The number of urea groups is 1. The molecule has 0 bridgehead atoms. The van der Waals surface area contributed by atoms with Crippen LogP contribution in [-0.2, 0) is 0 Å². The van der Waals surface area contributed by atoms with Crippen molar-refractivity contribution in [1.29, 1.82) is 0 Å². The third-order valence-electron chi connectivity index (χ3n) is 4.85. The average molecular weight is 356 g/mol. The molecule has 2 aromatic rings. The Kier molecular flexibility index (Phi) is 5.49. The molecular formula is C20H28N4O2. The first-order valence-electron chi connectivity index (χ1n) is 9.22. The predicted molar refractivity (Wildman–Crippen MR) is 103 cm³/mol. The van der Waals surface area contributed by atoms with Crippen LogP contribution >= 0.6 is 0 Å². The number of aryl methyl sites for hydroxylation is 2. The second kappa shape index (κ2) is 7.81. The van der Waals surface area contributed by atoms with E-state index in [4.69, 9.17) is 4.74 Å². The predicted octanol–water partition coefficient (Wildman–Crippen LogP) is 4.01. The molecule has 26 heavy (non-hydrogen) atoms. The highest BCUT2D eigenvalue weighted by Gasteiger charge is 2.31. The molecule has 0 spiro atoms. The van der Waals surface area contributed by atoms with Crippen molar-refractivity contribution in [3.8, 4) is 5.75 Å². The Morgan fingerprint density at radius 1 is 1.35 bits per heavy atom. The average Bonchev–Trinajstić information content (AvgIpc) is 3.39. The molecule has 1 aromatic carbocycles. The summed E-state index contributed by atoms with van der Waals surface area (Å²) in [5.74, 6) is 2.25. The van der Waals surface area contributed by atoms with Gasteiger partial charge < -0.3 is 9.64 Å².